The van der Waals surface area contributed by atoms with Gasteiger partial charge in [0.2, 0.25) is 5.95 Å². The lowest BCUT2D eigenvalue weighted by Crippen LogP contribution is -2.51. The maximum Gasteiger partial charge on any atom is 0.317 e. The van der Waals surface area contributed by atoms with Crippen molar-refractivity contribution in [3.63, 3.8) is 0 Å². The van der Waals surface area contributed by atoms with Crippen LogP contribution in [-0.4, -0.2) is 48.1 Å². The van der Waals surface area contributed by atoms with E-state index in [4.69, 9.17) is 4.98 Å². The van der Waals surface area contributed by atoms with E-state index in [0.717, 1.165) is 50.4 Å². The number of aryl methyl sites for hydroxylation is 1. The number of thiophene rings is 1. The maximum absolute atomic E-state index is 12.7. The Hall–Kier alpha value is -2.15. The molecule has 1 unspecified atom stereocenters. The molecule has 4 rings (SSSR count). The fourth-order valence-corrected chi connectivity index (χ4v) is 4.78. The molecule has 1 saturated heterocycles. The van der Waals surface area contributed by atoms with E-state index in [1.165, 1.54) is 10.4 Å². The number of urea groups is 1. The van der Waals surface area contributed by atoms with Crippen LogP contribution < -0.4 is 10.2 Å². The molecule has 1 fully saturated rings. The summed E-state index contributed by atoms with van der Waals surface area (Å²) in [6.07, 6.45) is 6.16. The van der Waals surface area contributed by atoms with Crippen molar-refractivity contribution >= 4 is 23.3 Å². The van der Waals surface area contributed by atoms with Crippen LogP contribution in [0.1, 0.15) is 35.4 Å². The number of aromatic nitrogens is 2. The van der Waals surface area contributed by atoms with Gasteiger partial charge in [-0.2, -0.15) is 0 Å². The first-order valence-corrected chi connectivity index (χ1v) is 10.0. The summed E-state index contributed by atoms with van der Waals surface area (Å²) in [7, 11) is 3.93. The van der Waals surface area contributed by atoms with Crippen molar-refractivity contribution in [3.05, 3.63) is 39.8 Å². The zero-order chi connectivity index (χ0) is 18.1. The lowest BCUT2D eigenvalue weighted by atomic mass is 9.77. The summed E-state index contributed by atoms with van der Waals surface area (Å²) in [5.74, 6) is 0.754. The molecule has 0 radical (unpaired) electrons. The third kappa shape index (κ3) is 3.16. The average molecular weight is 372 g/mol. The van der Waals surface area contributed by atoms with Gasteiger partial charge in [-0.05, 0) is 42.7 Å². The second-order valence-corrected chi connectivity index (χ2v) is 8.51. The van der Waals surface area contributed by atoms with E-state index in [0.29, 0.717) is 6.54 Å². The van der Waals surface area contributed by atoms with E-state index in [2.05, 4.69) is 16.4 Å². The number of nitrogens with zero attached hydrogens (tertiary/aromatic N) is 4. The van der Waals surface area contributed by atoms with Gasteiger partial charge >= 0.3 is 6.03 Å². The molecule has 0 bridgehead atoms. The van der Waals surface area contributed by atoms with Crippen molar-refractivity contribution in [2.24, 2.45) is 0 Å². The van der Waals surface area contributed by atoms with Crippen LogP contribution in [0.15, 0.2) is 23.7 Å². The number of nitrogens with one attached hydrogen (secondary N) is 1. The van der Waals surface area contributed by atoms with E-state index in [-0.39, 0.29) is 11.4 Å². The summed E-state index contributed by atoms with van der Waals surface area (Å²) in [4.78, 5) is 27.1. The molecule has 1 N–H and O–H groups in total. The lowest BCUT2D eigenvalue weighted by molar-refractivity contribution is 0.147. The predicted octanol–water partition coefficient (Wildman–Crippen LogP) is 2.79. The van der Waals surface area contributed by atoms with Crippen molar-refractivity contribution in [1.82, 2.24) is 20.2 Å². The van der Waals surface area contributed by atoms with Gasteiger partial charge in [-0.1, -0.05) is 6.07 Å². The summed E-state index contributed by atoms with van der Waals surface area (Å²) in [6, 6.07) is 4.10. The smallest absolute Gasteiger partial charge is 0.317 e. The van der Waals surface area contributed by atoms with E-state index in [1.54, 1.807) is 11.3 Å². The molecule has 1 spiro atoms. The van der Waals surface area contributed by atoms with Gasteiger partial charge in [-0.3, -0.25) is 0 Å². The molecule has 6 nitrogen and oxygen atoms in total. The highest BCUT2D eigenvalue weighted by molar-refractivity contribution is 7.09. The molecule has 1 atom stereocenters. The van der Waals surface area contributed by atoms with Gasteiger partial charge in [0, 0.05) is 43.7 Å². The first kappa shape index (κ1) is 17.3. The topological polar surface area (TPSA) is 61.4 Å². The van der Waals surface area contributed by atoms with Crippen LogP contribution in [0.3, 0.4) is 0 Å². The predicted molar refractivity (Wildman–Crippen MR) is 104 cm³/mol. The van der Waals surface area contributed by atoms with Crippen LogP contribution in [0, 0.1) is 0 Å². The van der Waals surface area contributed by atoms with Gasteiger partial charge in [-0.15, -0.1) is 11.3 Å². The molecule has 1 aliphatic heterocycles. The van der Waals surface area contributed by atoms with Crippen LogP contribution >= 0.6 is 11.3 Å². The molecule has 138 valence electrons. The molecular weight excluding hydrogens is 346 g/mol. The number of piperidine rings is 1. The fraction of sp³-hybridized carbons (Fsp3) is 0.526. The monoisotopic (exact) mass is 371 g/mol. The zero-order valence-corrected chi connectivity index (χ0v) is 16.2. The molecule has 2 aromatic heterocycles. The SMILES string of the molecule is CN(C)c1ncc2c(n1)C1(CCCN(C(=O)NCc3cccs3)C1)CC2. The molecule has 3 heterocycles. The minimum Gasteiger partial charge on any atom is -0.347 e. The van der Waals surface area contributed by atoms with Crippen molar-refractivity contribution < 1.29 is 4.79 Å². The summed E-state index contributed by atoms with van der Waals surface area (Å²) in [6.45, 7) is 2.17. The standard InChI is InChI=1S/C19H25N5OS/c1-23(2)17-20-11-14-6-8-19(16(14)22-17)7-4-9-24(13-19)18(25)21-12-15-5-3-10-26-15/h3,5,10-11H,4,6-9,12-13H2,1-2H3,(H,21,25). The number of carbonyl (C=O) groups is 1. The Morgan fingerprint density at radius 3 is 3.08 bits per heavy atom. The lowest BCUT2D eigenvalue weighted by Gasteiger charge is -2.40. The highest BCUT2D eigenvalue weighted by Gasteiger charge is 2.44. The highest BCUT2D eigenvalue weighted by Crippen LogP contribution is 2.44. The van der Waals surface area contributed by atoms with E-state index in [9.17, 15) is 4.79 Å². The molecule has 26 heavy (non-hydrogen) atoms. The molecular formula is C19H25N5OS. The number of fused-ring (bicyclic) bond motifs is 2. The highest BCUT2D eigenvalue weighted by atomic mass is 32.1. The van der Waals surface area contributed by atoms with Gasteiger partial charge in [0.05, 0.1) is 12.2 Å². The normalized spacial score (nSPS) is 21.7. The molecule has 1 aliphatic carbocycles. The Balaban J connectivity index is 1.50. The zero-order valence-electron chi connectivity index (χ0n) is 15.4. The number of hydrogen-bond acceptors (Lipinski definition) is 5. The summed E-state index contributed by atoms with van der Waals surface area (Å²) in [5.41, 5.74) is 2.39. The summed E-state index contributed by atoms with van der Waals surface area (Å²) in [5, 5.41) is 5.11. The van der Waals surface area contributed by atoms with Gasteiger partial charge < -0.3 is 15.1 Å². The third-order valence-electron chi connectivity index (χ3n) is 5.49. The molecule has 7 heteroatoms. The second kappa shape index (κ2) is 6.87. The first-order valence-electron chi connectivity index (χ1n) is 9.16. The number of rotatable bonds is 3. The molecule has 0 aromatic carbocycles. The van der Waals surface area contributed by atoms with Crippen LogP contribution in [0.2, 0.25) is 0 Å². The fourth-order valence-electron chi connectivity index (χ4n) is 4.14. The number of anilines is 1. The Morgan fingerprint density at radius 1 is 1.42 bits per heavy atom. The minimum absolute atomic E-state index is 0.0123. The summed E-state index contributed by atoms with van der Waals surface area (Å²) >= 11 is 1.67. The minimum atomic E-state index is -0.0123. The first-order chi connectivity index (χ1) is 12.6. The van der Waals surface area contributed by atoms with Crippen LogP contribution in [0.5, 0.6) is 0 Å². The van der Waals surface area contributed by atoms with Crippen molar-refractivity contribution in [1.29, 1.82) is 0 Å². The number of amides is 2. The van der Waals surface area contributed by atoms with Gasteiger partial charge in [-0.25, -0.2) is 14.8 Å². The number of carbonyl (C=O) groups excluding carboxylic acids is 1. The quantitative estimate of drug-likeness (QED) is 0.901. The van der Waals surface area contributed by atoms with Crippen LogP contribution in [0.4, 0.5) is 10.7 Å². The van der Waals surface area contributed by atoms with E-state index < -0.39 is 0 Å². The van der Waals surface area contributed by atoms with Crippen molar-refractivity contribution in [2.75, 3.05) is 32.1 Å². The molecule has 2 amide bonds. The van der Waals surface area contributed by atoms with Gasteiger partial charge in [0.1, 0.15) is 0 Å². The Labute approximate surface area is 158 Å². The van der Waals surface area contributed by atoms with E-state index in [1.807, 2.05) is 41.5 Å². The molecule has 2 aromatic rings. The van der Waals surface area contributed by atoms with Crippen molar-refractivity contribution in [3.8, 4) is 0 Å². The number of hydrogen-bond donors (Lipinski definition) is 1. The van der Waals surface area contributed by atoms with Gasteiger partial charge in [0.15, 0.2) is 0 Å². The Kier molecular flexibility index (Phi) is 4.56. The largest absolute Gasteiger partial charge is 0.347 e. The Bertz CT molecular complexity index is 787. The van der Waals surface area contributed by atoms with Crippen molar-refractivity contribution in [2.45, 2.75) is 37.6 Å². The molecule has 2 aliphatic rings. The Morgan fingerprint density at radius 2 is 2.31 bits per heavy atom. The third-order valence-corrected chi connectivity index (χ3v) is 6.36. The average Bonchev–Trinajstić information content (AvgIpc) is 3.28. The van der Waals surface area contributed by atoms with E-state index >= 15 is 0 Å². The van der Waals surface area contributed by atoms with Crippen LogP contribution in [-0.2, 0) is 18.4 Å². The summed E-state index contributed by atoms with van der Waals surface area (Å²) < 4.78 is 0. The van der Waals surface area contributed by atoms with Crippen LogP contribution in [0.25, 0.3) is 0 Å². The maximum atomic E-state index is 12.7. The van der Waals surface area contributed by atoms with Gasteiger partial charge in [0.25, 0.3) is 0 Å². The number of likely N-dealkylation sites (tertiary alicyclic amines) is 1. The molecule has 0 saturated carbocycles. The second-order valence-electron chi connectivity index (χ2n) is 7.48.